The van der Waals surface area contributed by atoms with Gasteiger partial charge in [0.15, 0.2) is 0 Å². The Kier molecular flexibility index (Phi) is 3.92. The van der Waals surface area contributed by atoms with E-state index in [1.54, 1.807) is 0 Å². The smallest absolute Gasteiger partial charge is 0.207 e. The lowest BCUT2D eigenvalue weighted by Gasteiger charge is -2.12. The van der Waals surface area contributed by atoms with Crippen molar-refractivity contribution in [2.24, 2.45) is 0 Å². The van der Waals surface area contributed by atoms with Gasteiger partial charge in [-0.1, -0.05) is 24.6 Å². The van der Waals surface area contributed by atoms with E-state index in [4.69, 9.17) is 11.6 Å². The second kappa shape index (κ2) is 5.44. The van der Waals surface area contributed by atoms with Gasteiger partial charge in [0.25, 0.3) is 0 Å². The highest BCUT2D eigenvalue weighted by atomic mass is 35.5. The predicted octanol–water partition coefficient (Wildman–Crippen LogP) is 3.96. The van der Waals surface area contributed by atoms with E-state index in [0.717, 1.165) is 35.3 Å². The second-order valence-corrected chi connectivity index (χ2v) is 4.87. The summed E-state index contributed by atoms with van der Waals surface area (Å²) in [5.41, 5.74) is 3.24. The van der Waals surface area contributed by atoms with Gasteiger partial charge >= 0.3 is 0 Å². The molecule has 96 valence electrons. The molecule has 0 saturated carbocycles. The molecule has 0 aliphatic carbocycles. The normalized spacial score (nSPS) is 10.7. The molecule has 0 aliphatic rings. The predicted molar refractivity (Wildman–Crippen MR) is 76.8 cm³/mol. The van der Waals surface area contributed by atoms with Crippen molar-refractivity contribution in [2.75, 3.05) is 11.9 Å². The van der Waals surface area contributed by atoms with Gasteiger partial charge in [-0.15, -0.1) is 0 Å². The number of aryl methyl sites for hydroxylation is 2. The number of hydrogen-bond donors (Lipinski definition) is 1. The van der Waals surface area contributed by atoms with Crippen LogP contribution in [-0.4, -0.2) is 16.1 Å². The van der Waals surface area contributed by atoms with Crippen molar-refractivity contribution in [1.29, 1.82) is 0 Å². The van der Waals surface area contributed by atoms with Crippen LogP contribution in [0.2, 0.25) is 5.02 Å². The molecule has 1 aromatic carbocycles. The van der Waals surface area contributed by atoms with Crippen molar-refractivity contribution in [3.05, 3.63) is 40.7 Å². The number of nitrogens with zero attached hydrogens (tertiary/aromatic N) is 2. The minimum atomic E-state index is 0.739. The Balaban J connectivity index is 2.45. The van der Waals surface area contributed by atoms with E-state index in [1.807, 2.05) is 31.3 Å². The molecule has 18 heavy (non-hydrogen) atoms. The molecule has 0 fully saturated rings. The second-order valence-electron chi connectivity index (χ2n) is 4.43. The number of nitrogens with one attached hydrogen (secondary N) is 1. The SMILES string of the molecule is CCCNc1nc(C)cn1-c1cc(Cl)ccc1C. The van der Waals surface area contributed by atoms with Gasteiger partial charge in [0.05, 0.1) is 11.4 Å². The maximum Gasteiger partial charge on any atom is 0.207 e. The van der Waals surface area contributed by atoms with Gasteiger partial charge in [0.2, 0.25) is 5.95 Å². The Hall–Kier alpha value is -1.48. The summed E-state index contributed by atoms with van der Waals surface area (Å²) < 4.78 is 2.06. The highest BCUT2D eigenvalue weighted by Gasteiger charge is 2.09. The summed E-state index contributed by atoms with van der Waals surface area (Å²) in [4.78, 5) is 4.50. The summed E-state index contributed by atoms with van der Waals surface area (Å²) >= 11 is 6.08. The van der Waals surface area contributed by atoms with Crippen LogP contribution < -0.4 is 5.32 Å². The van der Waals surface area contributed by atoms with Crippen LogP contribution in [0, 0.1) is 13.8 Å². The maximum atomic E-state index is 6.08. The molecule has 0 saturated heterocycles. The first-order valence-corrected chi connectivity index (χ1v) is 6.56. The van der Waals surface area contributed by atoms with Gasteiger partial charge in [-0.25, -0.2) is 4.98 Å². The van der Waals surface area contributed by atoms with Crippen LogP contribution in [0.15, 0.2) is 24.4 Å². The van der Waals surface area contributed by atoms with Gasteiger partial charge in [0, 0.05) is 17.8 Å². The van der Waals surface area contributed by atoms with Crippen LogP contribution in [0.5, 0.6) is 0 Å². The van der Waals surface area contributed by atoms with Crippen LogP contribution in [0.1, 0.15) is 24.6 Å². The van der Waals surface area contributed by atoms with Crippen molar-refractivity contribution < 1.29 is 0 Å². The van der Waals surface area contributed by atoms with Crippen LogP contribution in [-0.2, 0) is 0 Å². The summed E-state index contributed by atoms with van der Waals surface area (Å²) in [6.07, 6.45) is 3.09. The summed E-state index contributed by atoms with van der Waals surface area (Å²) in [6, 6.07) is 5.90. The Labute approximate surface area is 113 Å². The summed E-state index contributed by atoms with van der Waals surface area (Å²) in [7, 11) is 0. The fourth-order valence-corrected chi connectivity index (χ4v) is 2.05. The summed E-state index contributed by atoms with van der Waals surface area (Å²) in [5, 5.41) is 4.08. The van der Waals surface area contributed by atoms with Crippen LogP contribution in [0.4, 0.5) is 5.95 Å². The van der Waals surface area contributed by atoms with E-state index < -0.39 is 0 Å². The number of rotatable bonds is 4. The van der Waals surface area contributed by atoms with Gasteiger partial charge in [-0.05, 0) is 38.0 Å². The van der Waals surface area contributed by atoms with E-state index in [1.165, 1.54) is 5.56 Å². The van der Waals surface area contributed by atoms with Crippen molar-refractivity contribution in [1.82, 2.24) is 9.55 Å². The molecule has 3 nitrogen and oxygen atoms in total. The van der Waals surface area contributed by atoms with Gasteiger partial charge in [0.1, 0.15) is 0 Å². The summed E-state index contributed by atoms with van der Waals surface area (Å²) in [5.74, 6) is 0.875. The van der Waals surface area contributed by atoms with Crippen molar-refractivity contribution >= 4 is 17.5 Å². The maximum absolute atomic E-state index is 6.08. The number of benzene rings is 1. The molecule has 0 unspecified atom stereocenters. The molecule has 0 aliphatic heterocycles. The first-order valence-electron chi connectivity index (χ1n) is 6.18. The van der Waals surface area contributed by atoms with Crippen molar-refractivity contribution in [3.8, 4) is 5.69 Å². The third kappa shape index (κ3) is 2.67. The average Bonchev–Trinajstić information content (AvgIpc) is 2.71. The van der Waals surface area contributed by atoms with Gasteiger partial charge < -0.3 is 5.32 Å². The lowest BCUT2D eigenvalue weighted by atomic mass is 10.2. The average molecular weight is 264 g/mol. The van der Waals surface area contributed by atoms with Gasteiger partial charge in [-0.3, -0.25) is 4.57 Å². The third-order valence-corrected chi connectivity index (χ3v) is 3.03. The lowest BCUT2D eigenvalue weighted by Crippen LogP contribution is -2.07. The van der Waals surface area contributed by atoms with E-state index >= 15 is 0 Å². The molecular weight excluding hydrogens is 246 g/mol. The number of hydrogen-bond acceptors (Lipinski definition) is 2. The molecule has 2 rings (SSSR count). The quantitative estimate of drug-likeness (QED) is 0.905. The van der Waals surface area contributed by atoms with E-state index in [2.05, 4.69) is 28.7 Å². The highest BCUT2D eigenvalue weighted by Crippen LogP contribution is 2.23. The largest absolute Gasteiger partial charge is 0.355 e. The molecule has 1 N–H and O–H groups in total. The Morgan fingerprint density at radius 2 is 2.11 bits per heavy atom. The lowest BCUT2D eigenvalue weighted by molar-refractivity contribution is 0.934. The van der Waals surface area contributed by atoms with Crippen LogP contribution in [0.25, 0.3) is 5.69 Å². The van der Waals surface area contributed by atoms with E-state index in [0.29, 0.717) is 0 Å². The monoisotopic (exact) mass is 263 g/mol. The third-order valence-electron chi connectivity index (χ3n) is 2.79. The minimum absolute atomic E-state index is 0.739. The molecule has 0 atom stereocenters. The topological polar surface area (TPSA) is 29.9 Å². The molecular formula is C14H18ClN3. The molecule has 4 heteroatoms. The Morgan fingerprint density at radius 1 is 1.33 bits per heavy atom. The number of anilines is 1. The highest BCUT2D eigenvalue weighted by molar-refractivity contribution is 6.30. The zero-order chi connectivity index (χ0) is 13.1. The molecule has 2 aromatic rings. The molecule has 0 radical (unpaired) electrons. The molecule has 0 spiro atoms. The van der Waals surface area contributed by atoms with Gasteiger partial charge in [-0.2, -0.15) is 0 Å². The Bertz CT molecular complexity index is 546. The Morgan fingerprint density at radius 3 is 2.83 bits per heavy atom. The zero-order valence-electron chi connectivity index (χ0n) is 11.0. The number of imidazole rings is 1. The minimum Gasteiger partial charge on any atom is -0.355 e. The molecule has 0 bridgehead atoms. The van der Waals surface area contributed by atoms with Crippen LogP contribution in [0.3, 0.4) is 0 Å². The molecule has 1 heterocycles. The molecule has 1 aromatic heterocycles. The van der Waals surface area contributed by atoms with E-state index in [-0.39, 0.29) is 0 Å². The fourth-order valence-electron chi connectivity index (χ4n) is 1.88. The summed E-state index contributed by atoms with van der Waals surface area (Å²) in [6.45, 7) is 7.12. The standard InChI is InChI=1S/C14H18ClN3/c1-4-7-16-14-17-11(3)9-18(14)13-8-12(15)6-5-10(13)2/h5-6,8-9H,4,7H2,1-3H3,(H,16,17). The van der Waals surface area contributed by atoms with Crippen molar-refractivity contribution in [2.45, 2.75) is 27.2 Å². The van der Waals surface area contributed by atoms with Crippen molar-refractivity contribution in [3.63, 3.8) is 0 Å². The first kappa shape index (κ1) is 13.0. The number of halogens is 1. The molecule has 0 amide bonds. The fraction of sp³-hybridized carbons (Fsp3) is 0.357. The van der Waals surface area contributed by atoms with Crippen LogP contribution >= 0.6 is 11.6 Å². The first-order chi connectivity index (χ1) is 8.61. The van der Waals surface area contributed by atoms with E-state index in [9.17, 15) is 0 Å². The number of aromatic nitrogens is 2. The zero-order valence-corrected chi connectivity index (χ0v) is 11.8.